The van der Waals surface area contributed by atoms with Crippen molar-refractivity contribution in [1.29, 1.82) is 0 Å². The monoisotopic (exact) mass is 311 g/mol. The molecule has 1 heterocycles. The molecule has 0 fully saturated rings. The fourth-order valence-electron chi connectivity index (χ4n) is 1.33. The van der Waals surface area contributed by atoms with E-state index in [4.69, 9.17) is 11.6 Å². The van der Waals surface area contributed by atoms with Crippen LogP contribution in [0.4, 0.5) is 11.5 Å². The Bertz CT molecular complexity index is 540. The molecule has 0 bridgehead atoms. The molecule has 0 aliphatic heterocycles. The van der Waals surface area contributed by atoms with E-state index >= 15 is 0 Å². The predicted molar refractivity (Wildman–Crippen MR) is 73.9 cm³/mol. The van der Waals surface area contributed by atoms with Crippen molar-refractivity contribution in [2.24, 2.45) is 0 Å². The number of aryl methyl sites for hydroxylation is 2. The summed E-state index contributed by atoms with van der Waals surface area (Å²) < 4.78 is 1.03. The highest BCUT2D eigenvalue weighted by Crippen LogP contribution is 2.23. The first kappa shape index (κ1) is 12.3. The summed E-state index contributed by atoms with van der Waals surface area (Å²) in [5, 5.41) is 3.53. The third-order valence-corrected chi connectivity index (χ3v) is 3.16. The van der Waals surface area contributed by atoms with Gasteiger partial charge in [-0.1, -0.05) is 27.5 Å². The number of benzene rings is 1. The van der Waals surface area contributed by atoms with Crippen molar-refractivity contribution in [3.63, 3.8) is 0 Å². The number of nitrogens with zero attached hydrogens (tertiary/aromatic N) is 2. The van der Waals surface area contributed by atoms with Gasteiger partial charge in [0.2, 0.25) is 0 Å². The van der Waals surface area contributed by atoms with Crippen molar-refractivity contribution in [2.45, 2.75) is 13.8 Å². The smallest absolute Gasteiger partial charge is 0.172 e. The average molecular weight is 313 g/mol. The molecule has 0 radical (unpaired) electrons. The van der Waals surface area contributed by atoms with Crippen molar-refractivity contribution in [1.82, 2.24) is 9.97 Å². The van der Waals surface area contributed by atoms with Gasteiger partial charge in [-0.3, -0.25) is 0 Å². The molecule has 0 saturated carbocycles. The summed E-state index contributed by atoms with van der Waals surface area (Å²) in [6.07, 6.45) is 0. The topological polar surface area (TPSA) is 37.8 Å². The summed E-state index contributed by atoms with van der Waals surface area (Å²) in [7, 11) is 0. The molecule has 0 unspecified atom stereocenters. The lowest BCUT2D eigenvalue weighted by Gasteiger charge is -2.09. The van der Waals surface area contributed by atoms with Crippen LogP contribution < -0.4 is 5.32 Å². The Morgan fingerprint density at radius 1 is 1.06 bits per heavy atom. The van der Waals surface area contributed by atoms with Crippen molar-refractivity contribution in [3.8, 4) is 0 Å². The van der Waals surface area contributed by atoms with Gasteiger partial charge in [-0.05, 0) is 38.1 Å². The summed E-state index contributed by atoms with van der Waals surface area (Å²) in [4.78, 5) is 8.59. The largest absolute Gasteiger partial charge is 0.338 e. The van der Waals surface area contributed by atoms with Gasteiger partial charge in [0.05, 0.1) is 11.4 Å². The van der Waals surface area contributed by atoms with Crippen molar-refractivity contribution >= 4 is 39.0 Å². The van der Waals surface area contributed by atoms with E-state index in [1.807, 2.05) is 38.1 Å². The Balaban J connectivity index is 2.30. The van der Waals surface area contributed by atoms with Crippen LogP contribution in [0.2, 0.25) is 5.15 Å². The molecule has 1 aromatic carbocycles. The zero-order valence-electron chi connectivity index (χ0n) is 9.46. The quantitative estimate of drug-likeness (QED) is 0.900. The normalized spacial score (nSPS) is 10.4. The molecule has 2 rings (SSSR count). The van der Waals surface area contributed by atoms with Gasteiger partial charge in [0.15, 0.2) is 11.0 Å². The van der Waals surface area contributed by atoms with Crippen LogP contribution in [-0.4, -0.2) is 9.97 Å². The minimum atomic E-state index is 0.385. The molecule has 17 heavy (non-hydrogen) atoms. The summed E-state index contributed by atoms with van der Waals surface area (Å²) >= 11 is 9.42. The van der Waals surface area contributed by atoms with E-state index in [9.17, 15) is 0 Å². The number of hydrogen-bond donors (Lipinski definition) is 1. The predicted octanol–water partition coefficient (Wildman–Crippen LogP) is 4.25. The van der Waals surface area contributed by atoms with Crippen LogP contribution in [0, 0.1) is 13.8 Å². The molecule has 3 nitrogen and oxygen atoms in total. The van der Waals surface area contributed by atoms with Crippen molar-refractivity contribution < 1.29 is 0 Å². The van der Waals surface area contributed by atoms with E-state index < -0.39 is 0 Å². The third-order valence-electron chi connectivity index (χ3n) is 2.37. The SMILES string of the molecule is Cc1nc(Cl)c(Nc2ccc(Br)cc2)nc1C. The molecule has 0 amide bonds. The second-order valence-corrected chi connectivity index (χ2v) is 4.94. The van der Waals surface area contributed by atoms with Crippen LogP contribution in [0.15, 0.2) is 28.7 Å². The Labute approximate surface area is 113 Å². The maximum atomic E-state index is 6.04. The Kier molecular flexibility index (Phi) is 3.64. The first-order valence-electron chi connectivity index (χ1n) is 5.09. The van der Waals surface area contributed by atoms with Crippen molar-refractivity contribution in [3.05, 3.63) is 45.3 Å². The summed E-state index contributed by atoms with van der Waals surface area (Å²) in [5.41, 5.74) is 2.64. The van der Waals surface area contributed by atoms with E-state index in [-0.39, 0.29) is 0 Å². The van der Waals surface area contributed by atoms with Crippen LogP contribution in [0.5, 0.6) is 0 Å². The molecule has 2 aromatic rings. The molecule has 0 atom stereocenters. The van der Waals surface area contributed by atoms with Gasteiger partial charge in [0, 0.05) is 10.2 Å². The van der Waals surface area contributed by atoms with Gasteiger partial charge >= 0.3 is 0 Å². The summed E-state index contributed by atoms with van der Waals surface area (Å²) in [6, 6.07) is 7.78. The molecular weight excluding hydrogens is 302 g/mol. The fraction of sp³-hybridized carbons (Fsp3) is 0.167. The standard InChI is InChI=1S/C12H11BrClN3/c1-7-8(2)16-12(11(14)15-7)17-10-5-3-9(13)4-6-10/h3-6H,1-2H3,(H,16,17). The highest BCUT2D eigenvalue weighted by Gasteiger charge is 2.07. The van der Waals surface area contributed by atoms with Crippen LogP contribution in [0.25, 0.3) is 0 Å². The van der Waals surface area contributed by atoms with Gasteiger partial charge < -0.3 is 5.32 Å². The summed E-state index contributed by atoms with van der Waals surface area (Å²) in [6.45, 7) is 3.79. The third kappa shape index (κ3) is 2.96. The lowest BCUT2D eigenvalue weighted by molar-refractivity contribution is 1.05. The average Bonchev–Trinajstić information content (AvgIpc) is 2.29. The molecule has 0 aliphatic carbocycles. The first-order valence-corrected chi connectivity index (χ1v) is 6.26. The van der Waals surface area contributed by atoms with Gasteiger partial charge in [-0.25, -0.2) is 9.97 Å². The lowest BCUT2D eigenvalue weighted by Crippen LogP contribution is -2.00. The van der Waals surface area contributed by atoms with Crippen LogP contribution in [-0.2, 0) is 0 Å². The van der Waals surface area contributed by atoms with Crippen LogP contribution >= 0.6 is 27.5 Å². The second kappa shape index (κ2) is 5.02. The molecule has 0 aliphatic rings. The van der Waals surface area contributed by atoms with Gasteiger partial charge in [0.25, 0.3) is 0 Å². The maximum Gasteiger partial charge on any atom is 0.172 e. The molecule has 1 N–H and O–H groups in total. The van der Waals surface area contributed by atoms with E-state index in [0.717, 1.165) is 21.5 Å². The van der Waals surface area contributed by atoms with E-state index in [1.54, 1.807) is 0 Å². The Morgan fingerprint density at radius 2 is 1.65 bits per heavy atom. The molecule has 0 spiro atoms. The first-order chi connectivity index (χ1) is 8.06. The number of rotatable bonds is 2. The van der Waals surface area contributed by atoms with Crippen LogP contribution in [0.1, 0.15) is 11.4 Å². The minimum absolute atomic E-state index is 0.385. The Hall–Kier alpha value is -1.13. The van der Waals surface area contributed by atoms with E-state index in [0.29, 0.717) is 11.0 Å². The zero-order valence-corrected chi connectivity index (χ0v) is 11.8. The van der Waals surface area contributed by atoms with E-state index in [2.05, 4.69) is 31.2 Å². The molecule has 1 aromatic heterocycles. The number of halogens is 2. The van der Waals surface area contributed by atoms with Gasteiger partial charge in [0.1, 0.15) is 0 Å². The highest BCUT2D eigenvalue weighted by atomic mass is 79.9. The maximum absolute atomic E-state index is 6.04. The number of nitrogens with one attached hydrogen (secondary N) is 1. The molecular formula is C12H11BrClN3. The van der Waals surface area contributed by atoms with Crippen LogP contribution in [0.3, 0.4) is 0 Å². The Morgan fingerprint density at radius 3 is 2.29 bits per heavy atom. The van der Waals surface area contributed by atoms with E-state index in [1.165, 1.54) is 0 Å². The summed E-state index contributed by atoms with van der Waals surface area (Å²) in [5.74, 6) is 0.581. The van der Waals surface area contributed by atoms with Gasteiger partial charge in [-0.15, -0.1) is 0 Å². The molecule has 0 saturated heterocycles. The molecule has 88 valence electrons. The highest BCUT2D eigenvalue weighted by molar-refractivity contribution is 9.10. The van der Waals surface area contributed by atoms with Gasteiger partial charge in [-0.2, -0.15) is 0 Å². The van der Waals surface area contributed by atoms with Crippen molar-refractivity contribution in [2.75, 3.05) is 5.32 Å². The number of aromatic nitrogens is 2. The number of hydrogen-bond acceptors (Lipinski definition) is 3. The minimum Gasteiger partial charge on any atom is -0.338 e. The zero-order chi connectivity index (χ0) is 12.4. The lowest BCUT2D eigenvalue weighted by atomic mass is 10.3. The second-order valence-electron chi connectivity index (χ2n) is 3.67. The number of anilines is 2. The molecule has 5 heteroatoms. The fourth-order valence-corrected chi connectivity index (χ4v) is 1.81.